The Hall–Kier alpha value is -3.67. The quantitative estimate of drug-likeness (QED) is 0.112. The van der Waals surface area contributed by atoms with E-state index in [9.17, 15) is 24.0 Å². The number of carbonyl (C=O) groups is 5. The van der Waals surface area contributed by atoms with Crippen molar-refractivity contribution in [3.8, 4) is 0 Å². The maximum absolute atomic E-state index is 13.4. The largest absolute Gasteiger partial charge is 0.461 e. The second-order valence-electron chi connectivity index (χ2n) is 13.2. The molecule has 0 aliphatic carbocycles. The minimum absolute atomic E-state index is 0.110. The van der Waals surface area contributed by atoms with Gasteiger partial charge in [-0.25, -0.2) is 4.79 Å². The number of urea groups is 1. The van der Waals surface area contributed by atoms with Gasteiger partial charge >= 0.3 is 12.0 Å². The summed E-state index contributed by atoms with van der Waals surface area (Å²) in [5.41, 5.74) is 6.07. The van der Waals surface area contributed by atoms with Crippen molar-refractivity contribution in [2.45, 2.75) is 118 Å². The summed E-state index contributed by atoms with van der Waals surface area (Å²) in [7, 11) is 0. The Morgan fingerprint density at radius 1 is 0.933 bits per heavy atom. The molecule has 0 fully saturated rings. The number of nitrogens with two attached hydrogens (primary N) is 1. The SMILES string of the molecule is CCC(C)(CCC(=O)NC(C(=O)NC(CCCNC(N)=O)C(=O)Nc1ccc(COC(C)=O)cc1)C(C)C)OCCC(C)(C)C. The van der Waals surface area contributed by atoms with Gasteiger partial charge in [-0.3, -0.25) is 19.2 Å². The smallest absolute Gasteiger partial charge is 0.312 e. The van der Waals surface area contributed by atoms with E-state index in [1.807, 2.05) is 27.7 Å². The van der Waals surface area contributed by atoms with Gasteiger partial charge in [0.15, 0.2) is 0 Å². The van der Waals surface area contributed by atoms with Crippen molar-refractivity contribution in [1.29, 1.82) is 0 Å². The lowest BCUT2D eigenvalue weighted by Crippen LogP contribution is -2.54. The number of anilines is 1. The van der Waals surface area contributed by atoms with E-state index < -0.39 is 41.5 Å². The molecule has 254 valence electrons. The van der Waals surface area contributed by atoms with Crippen molar-refractivity contribution in [3.05, 3.63) is 29.8 Å². The van der Waals surface area contributed by atoms with Crippen molar-refractivity contribution in [1.82, 2.24) is 16.0 Å². The van der Waals surface area contributed by atoms with Crippen LogP contribution in [0.25, 0.3) is 0 Å². The van der Waals surface area contributed by atoms with Crippen LogP contribution in [0.2, 0.25) is 0 Å². The second-order valence-corrected chi connectivity index (χ2v) is 13.2. The Labute approximate surface area is 268 Å². The Bertz CT molecular complexity index is 1120. The lowest BCUT2D eigenvalue weighted by atomic mass is 9.92. The highest BCUT2D eigenvalue weighted by atomic mass is 16.5. The third kappa shape index (κ3) is 16.8. The van der Waals surface area contributed by atoms with Gasteiger partial charge in [0.1, 0.15) is 18.7 Å². The van der Waals surface area contributed by atoms with Gasteiger partial charge < -0.3 is 36.5 Å². The molecule has 0 saturated carbocycles. The highest BCUT2D eigenvalue weighted by molar-refractivity contribution is 5.98. The van der Waals surface area contributed by atoms with Crippen LogP contribution < -0.4 is 27.0 Å². The van der Waals surface area contributed by atoms with E-state index in [0.717, 1.165) is 18.4 Å². The summed E-state index contributed by atoms with van der Waals surface area (Å²) >= 11 is 0. The zero-order valence-electron chi connectivity index (χ0n) is 28.3. The number of ether oxygens (including phenoxy) is 2. The van der Waals surface area contributed by atoms with Crippen LogP contribution in [0, 0.1) is 11.3 Å². The number of benzene rings is 1. The van der Waals surface area contributed by atoms with Crippen molar-refractivity contribution in [3.63, 3.8) is 0 Å². The fraction of sp³-hybridized carbons (Fsp3) is 0.667. The molecule has 12 nitrogen and oxygen atoms in total. The molecular formula is C33H55N5O7. The van der Waals surface area contributed by atoms with Crippen LogP contribution in [-0.2, 0) is 35.3 Å². The third-order valence-corrected chi connectivity index (χ3v) is 7.46. The van der Waals surface area contributed by atoms with Crippen molar-refractivity contribution in [2.75, 3.05) is 18.5 Å². The number of nitrogens with one attached hydrogen (secondary N) is 4. The lowest BCUT2D eigenvalue weighted by molar-refractivity contribution is -0.142. The Balaban J connectivity index is 2.90. The Morgan fingerprint density at radius 2 is 1.58 bits per heavy atom. The minimum atomic E-state index is -0.953. The normalized spacial score (nSPS) is 14.1. The molecular weight excluding hydrogens is 578 g/mol. The van der Waals surface area contributed by atoms with Gasteiger partial charge in [0, 0.05) is 32.2 Å². The van der Waals surface area contributed by atoms with Gasteiger partial charge in [0.2, 0.25) is 17.7 Å². The van der Waals surface area contributed by atoms with Crippen molar-refractivity contribution < 1.29 is 33.4 Å². The molecule has 1 aromatic carbocycles. The second kappa shape index (κ2) is 19.0. The molecule has 0 aliphatic heterocycles. The molecule has 45 heavy (non-hydrogen) atoms. The van der Waals surface area contributed by atoms with Crippen LogP contribution in [0.1, 0.15) is 99.5 Å². The van der Waals surface area contributed by atoms with Crippen molar-refractivity contribution >= 4 is 35.4 Å². The number of rotatable bonds is 19. The molecule has 1 aromatic rings. The summed E-state index contributed by atoms with van der Waals surface area (Å²) < 4.78 is 11.2. The first-order valence-corrected chi connectivity index (χ1v) is 15.7. The van der Waals surface area contributed by atoms with Gasteiger partial charge in [-0.1, -0.05) is 53.7 Å². The first kappa shape index (κ1) is 39.4. The third-order valence-electron chi connectivity index (χ3n) is 7.46. The molecule has 3 atom stereocenters. The van der Waals surface area contributed by atoms with Crippen molar-refractivity contribution in [2.24, 2.45) is 17.1 Å². The summed E-state index contributed by atoms with van der Waals surface area (Å²) in [4.78, 5) is 61.9. The van der Waals surface area contributed by atoms with Crippen LogP contribution in [0.3, 0.4) is 0 Å². The van der Waals surface area contributed by atoms with Crippen LogP contribution in [0.5, 0.6) is 0 Å². The molecule has 3 unspecified atom stereocenters. The van der Waals surface area contributed by atoms with Crippen LogP contribution in [0.15, 0.2) is 24.3 Å². The van der Waals surface area contributed by atoms with Gasteiger partial charge in [0.05, 0.1) is 5.60 Å². The molecule has 0 saturated heterocycles. The van der Waals surface area contributed by atoms with Gasteiger partial charge in [0.25, 0.3) is 0 Å². The highest BCUT2D eigenvalue weighted by Gasteiger charge is 2.30. The molecule has 0 bridgehead atoms. The van der Waals surface area contributed by atoms with Crippen LogP contribution in [0.4, 0.5) is 10.5 Å². The number of hydrogen-bond donors (Lipinski definition) is 5. The molecule has 1 rings (SSSR count). The molecule has 0 heterocycles. The average molecular weight is 634 g/mol. The number of amides is 5. The maximum Gasteiger partial charge on any atom is 0.312 e. The van der Waals surface area contributed by atoms with E-state index in [1.165, 1.54) is 6.92 Å². The first-order valence-electron chi connectivity index (χ1n) is 15.7. The molecule has 0 aromatic heterocycles. The molecule has 0 radical (unpaired) electrons. The Kier molecular flexibility index (Phi) is 16.6. The van der Waals surface area contributed by atoms with E-state index >= 15 is 0 Å². The Morgan fingerprint density at radius 3 is 2.11 bits per heavy atom. The molecule has 12 heteroatoms. The van der Waals surface area contributed by atoms with E-state index in [0.29, 0.717) is 25.1 Å². The minimum Gasteiger partial charge on any atom is -0.461 e. The fourth-order valence-corrected chi connectivity index (χ4v) is 4.26. The number of primary amides is 1. The van der Waals surface area contributed by atoms with E-state index in [4.69, 9.17) is 15.2 Å². The van der Waals surface area contributed by atoms with Crippen LogP contribution in [-0.4, -0.2) is 60.6 Å². The average Bonchev–Trinajstić information content (AvgIpc) is 2.94. The zero-order valence-corrected chi connectivity index (χ0v) is 28.3. The summed E-state index contributed by atoms with van der Waals surface area (Å²) in [6.45, 7) is 16.4. The topological polar surface area (TPSA) is 178 Å². The lowest BCUT2D eigenvalue weighted by Gasteiger charge is -2.31. The van der Waals surface area contributed by atoms with Gasteiger partial charge in [-0.15, -0.1) is 0 Å². The van der Waals surface area contributed by atoms with Crippen LogP contribution >= 0.6 is 0 Å². The standard InChI is InChI=1S/C33H55N5O7/c1-9-33(8,45-20-18-32(5,6)7)17-16-27(40)38-28(22(2)3)30(42)37-26(11-10-19-35-31(34)43)29(41)36-25-14-12-24(13-15-25)21-44-23(4)39/h12-15,22,26,28H,9-11,16-21H2,1-8H3,(H,36,41)(H,37,42)(H,38,40)(H3,34,35,43). The van der Waals surface area contributed by atoms with E-state index in [1.54, 1.807) is 24.3 Å². The summed E-state index contributed by atoms with van der Waals surface area (Å²) in [5.74, 6) is -1.87. The summed E-state index contributed by atoms with van der Waals surface area (Å²) in [6.07, 6.45) is 2.91. The van der Waals surface area contributed by atoms with E-state index in [-0.39, 0.29) is 43.2 Å². The first-order chi connectivity index (χ1) is 20.9. The molecule has 0 aliphatic rings. The number of esters is 1. The zero-order chi connectivity index (χ0) is 34.2. The number of carbonyl (C=O) groups excluding carboxylic acids is 5. The predicted molar refractivity (Wildman–Crippen MR) is 174 cm³/mol. The van der Waals surface area contributed by atoms with Gasteiger partial charge in [-0.05, 0) is 68.1 Å². The highest BCUT2D eigenvalue weighted by Crippen LogP contribution is 2.25. The number of hydrogen-bond acceptors (Lipinski definition) is 7. The summed E-state index contributed by atoms with van der Waals surface area (Å²) in [6, 6.07) is 4.25. The fourth-order valence-electron chi connectivity index (χ4n) is 4.26. The predicted octanol–water partition coefficient (Wildman–Crippen LogP) is 4.16. The summed E-state index contributed by atoms with van der Waals surface area (Å²) in [5, 5.41) is 10.9. The maximum atomic E-state index is 13.4. The molecule has 6 N–H and O–H groups in total. The van der Waals surface area contributed by atoms with Gasteiger partial charge in [-0.2, -0.15) is 0 Å². The van der Waals surface area contributed by atoms with E-state index in [2.05, 4.69) is 42.0 Å². The molecule has 5 amide bonds. The monoisotopic (exact) mass is 633 g/mol. The molecule has 0 spiro atoms.